The van der Waals surface area contributed by atoms with Crippen LogP contribution in [-0.2, 0) is 11.2 Å². The summed E-state index contributed by atoms with van der Waals surface area (Å²) < 4.78 is 11.4. The van der Waals surface area contributed by atoms with Crippen molar-refractivity contribution in [3.63, 3.8) is 0 Å². The van der Waals surface area contributed by atoms with E-state index in [1.165, 1.54) is 11.1 Å². The number of para-hydroxylation sites is 1. The molecule has 3 nitrogen and oxygen atoms in total. The van der Waals surface area contributed by atoms with E-state index in [0.29, 0.717) is 0 Å². The summed E-state index contributed by atoms with van der Waals surface area (Å²) in [5.41, 5.74) is 2.25. The maximum atomic E-state index is 5.80. The van der Waals surface area contributed by atoms with Crippen molar-refractivity contribution in [1.29, 1.82) is 0 Å². The minimum absolute atomic E-state index is 0.139. The van der Waals surface area contributed by atoms with Crippen LogP contribution in [-0.4, -0.2) is 25.9 Å². The van der Waals surface area contributed by atoms with E-state index in [9.17, 15) is 0 Å². The highest BCUT2D eigenvalue weighted by atomic mass is 16.5. The van der Waals surface area contributed by atoms with E-state index in [1.807, 2.05) is 0 Å². The zero-order chi connectivity index (χ0) is 13.2. The fourth-order valence-corrected chi connectivity index (χ4v) is 2.52. The second-order valence-electron chi connectivity index (χ2n) is 5.23. The molecule has 2 rings (SSSR count). The molecule has 1 heterocycles. The van der Waals surface area contributed by atoms with Crippen LogP contribution < -0.4 is 10.1 Å². The van der Waals surface area contributed by atoms with Crippen molar-refractivity contribution in [3.05, 3.63) is 29.3 Å². The van der Waals surface area contributed by atoms with Crippen LogP contribution in [0.2, 0.25) is 0 Å². The summed E-state index contributed by atoms with van der Waals surface area (Å²) in [6, 6.07) is 6.53. The van der Waals surface area contributed by atoms with E-state index in [4.69, 9.17) is 9.47 Å². The molecule has 1 aromatic rings. The first-order valence-corrected chi connectivity index (χ1v) is 6.63. The van der Waals surface area contributed by atoms with Crippen molar-refractivity contribution in [3.8, 4) is 5.75 Å². The Balaban J connectivity index is 2.40. The number of methoxy groups -OCH3 is 1. The summed E-state index contributed by atoms with van der Waals surface area (Å²) in [4.78, 5) is 0. The van der Waals surface area contributed by atoms with Crippen molar-refractivity contribution >= 4 is 0 Å². The monoisotopic (exact) mass is 249 g/mol. The second kappa shape index (κ2) is 5.29. The van der Waals surface area contributed by atoms with Crippen LogP contribution in [0.25, 0.3) is 0 Å². The van der Waals surface area contributed by atoms with Crippen molar-refractivity contribution in [2.75, 3.05) is 20.3 Å². The topological polar surface area (TPSA) is 30.5 Å². The second-order valence-corrected chi connectivity index (χ2v) is 5.23. The normalized spacial score (nSPS) is 16.2. The lowest BCUT2D eigenvalue weighted by Gasteiger charge is -2.34. The molecule has 1 aliphatic rings. The lowest BCUT2D eigenvalue weighted by atomic mass is 9.89. The average Bonchev–Trinajstić information content (AvgIpc) is 2.84. The number of benzene rings is 1. The number of fused-ring (bicyclic) bond motifs is 1. The van der Waals surface area contributed by atoms with Crippen LogP contribution in [0, 0.1) is 0 Å². The first kappa shape index (κ1) is 13.4. The van der Waals surface area contributed by atoms with Crippen LogP contribution >= 0.6 is 0 Å². The van der Waals surface area contributed by atoms with Crippen molar-refractivity contribution in [1.82, 2.24) is 5.32 Å². The van der Waals surface area contributed by atoms with Gasteiger partial charge >= 0.3 is 0 Å². The molecule has 0 saturated heterocycles. The molecule has 0 radical (unpaired) electrons. The van der Waals surface area contributed by atoms with Gasteiger partial charge in [-0.2, -0.15) is 0 Å². The molecule has 0 bridgehead atoms. The molecule has 0 aliphatic carbocycles. The number of likely N-dealkylation sites (N-methyl/N-ethyl adjacent to an activating group) is 1. The lowest BCUT2D eigenvalue weighted by Crippen LogP contribution is -2.41. The Morgan fingerprint density at radius 1 is 1.44 bits per heavy atom. The third-order valence-electron chi connectivity index (χ3n) is 3.69. The van der Waals surface area contributed by atoms with Gasteiger partial charge in [-0.25, -0.2) is 0 Å². The molecule has 3 heteroatoms. The average molecular weight is 249 g/mol. The van der Waals surface area contributed by atoms with E-state index >= 15 is 0 Å². The molecule has 0 fully saturated rings. The highest BCUT2D eigenvalue weighted by Crippen LogP contribution is 2.38. The molecular weight excluding hydrogens is 226 g/mol. The summed E-state index contributed by atoms with van der Waals surface area (Å²) in [6.45, 7) is 8.02. The molecular formula is C15H23NO2. The van der Waals surface area contributed by atoms with Crippen LogP contribution in [0.3, 0.4) is 0 Å². The van der Waals surface area contributed by atoms with Gasteiger partial charge in [0.15, 0.2) is 0 Å². The molecule has 0 spiro atoms. The number of ether oxygens (including phenoxy) is 2. The quantitative estimate of drug-likeness (QED) is 0.870. The molecule has 1 N–H and O–H groups in total. The van der Waals surface area contributed by atoms with Crippen molar-refractivity contribution in [2.45, 2.75) is 38.8 Å². The molecule has 0 amide bonds. The first-order valence-electron chi connectivity index (χ1n) is 6.63. The van der Waals surface area contributed by atoms with E-state index in [2.05, 4.69) is 44.3 Å². The summed E-state index contributed by atoms with van der Waals surface area (Å²) in [5, 5.41) is 3.51. The zero-order valence-corrected chi connectivity index (χ0v) is 11.7. The molecule has 100 valence electrons. The Morgan fingerprint density at radius 3 is 2.89 bits per heavy atom. The van der Waals surface area contributed by atoms with Gasteiger partial charge in [0.25, 0.3) is 0 Å². The van der Waals surface area contributed by atoms with Crippen LogP contribution in [0.4, 0.5) is 0 Å². The summed E-state index contributed by atoms with van der Waals surface area (Å²) in [6.07, 6.45) is 1.01. The van der Waals surface area contributed by atoms with Crippen molar-refractivity contribution < 1.29 is 9.47 Å². The van der Waals surface area contributed by atoms with E-state index in [-0.39, 0.29) is 11.6 Å². The SMILES string of the molecule is CCNC(c1cccc2c1OCC2)C(C)(C)OC. The largest absolute Gasteiger partial charge is 0.493 e. The van der Waals surface area contributed by atoms with Gasteiger partial charge in [0.2, 0.25) is 0 Å². The first-order chi connectivity index (χ1) is 8.60. The number of hydrogen-bond acceptors (Lipinski definition) is 3. The maximum Gasteiger partial charge on any atom is 0.127 e. The molecule has 1 unspecified atom stereocenters. The Bertz CT molecular complexity index is 415. The maximum absolute atomic E-state index is 5.80. The summed E-state index contributed by atoms with van der Waals surface area (Å²) >= 11 is 0. The molecule has 0 saturated carbocycles. The van der Waals surface area contributed by atoms with E-state index in [1.54, 1.807) is 7.11 Å². The van der Waals surface area contributed by atoms with Crippen LogP contribution in [0.5, 0.6) is 5.75 Å². The van der Waals surface area contributed by atoms with Crippen LogP contribution in [0.15, 0.2) is 18.2 Å². The fourth-order valence-electron chi connectivity index (χ4n) is 2.52. The van der Waals surface area contributed by atoms with Gasteiger partial charge in [-0.1, -0.05) is 25.1 Å². The third kappa shape index (κ3) is 2.38. The highest BCUT2D eigenvalue weighted by Gasteiger charge is 2.33. The van der Waals surface area contributed by atoms with Gasteiger partial charge in [-0.05, 0) is 26.0 Å². The van der Waals surface area contributed by atoms with E-state index < -0.39 is 0 Å². The molecule has 1 aromatic carbocycles. The van der Waals surface area contributed by atoms with Gasteiger partial charge in [-0.15, -0.1) is 0 Å². The number of nitrogens with one attached hydrogen (secondary N) is 1. The third-order valence-corrected chi connectivity index (χ3v) is 3.69. The van der Waals surface area contributed by atoms with Gasteiger partial charge in [-0.3, -0.25) is 0 Å². The zero-order valence-electron chi connectivity index (χ0n) is 11.7. The van der Waals surface area contributed by atoms with Crippen LogP contribution in [0.1, 0.15) is 37.9 Å². The summed E-state index contributed by atoms with van der Waals surface area (Å²) in [5.74, 6) is 1.05. The van der Waals surface area contributed by atoms with Gasteiger partial charge in [0.05, 0.1) is 18.2 Å². The standard InChI is InChI=1S/C15H23NO2/c1-5-16-14(15(2,3)17-4)12-8-6-7-11-9-10-18-13(11)12/h6-8,14,16H,5,9-10H2,1-4H3. The lowest BCUT2D eigenvalue weighted by molar-refractivity contribution is -0.0112. The van der Waals surface area contributed by atoms with Gasteiger partial charge in [0, 0.05) is 19.1 Å². The minimum atomic E-state index is -0.267. The van der Waals surface area contributed by atoms with Gasteiger partial charge in [0.1, 0.15) is 5.75 Å². The molecule has 1 atom stereocenters. The predicted molar refractivity (Wildman–Crippen MR) is 73.1 cm³/mol. The Labute approximate surface area is 109 Å². The molecule has 0 aromatic heterocycles. The highest BCUT2D eigenvalue weighted by molar-refractivity contribution is 5.46. The molecule has 1 aliphatic heterocycles. The summed E-state index contributed by atoms with van der Waals surface area (Å²) in [7, 11) is 1.76. The number of rotatable bonds is 5. The van der Waals surface area contributed by atoms with Crippen molar-refractivity contribution in [2.24, 2.45) is 0 Å². The predicted octanol–water partition coefficient (Wildman–Crippen LogP) is 2.70. The van der Waals surface area contributed by atoms with E-state index in [0.717, 1.165) is 25.3 Å². The molecule has 18 heavy (non-hydrogen) atoms. The van der Waals surface area contributed by atoms with Gasteiger partial charge < -0.3 is 14.8 Å². The Hall–Kier alpha value is -1.06. The fraction of sp³-hybridized carbons (Fsp3) is 0.600. The smallest absolute Gasteiger partial charge is 0.127 e. The Kier molecular flexibility index (Phi) is 3.93. The Morgan fingerprint density at radius 2 is 2.22 bits per heavy atom. The number of hydrogen-bond donors (Lipinski definition) is 1. The minimum Gasteiger partial charge on any atom is -0.493 e.